The molecule has 6 heteroatoms. The molecule has 1 N–H and O–H groups in total. The number of carbonyl (C=O) groups is 1. The quantitative estimate of drug-likeness (QED) is 0.822. The van der Waals surface area contributed by atoms with E-state index in [9.17, 15) is 4.79 Å². The average Bonchev–Trinajstić information content (AvgIpc) is 2.70. The van der Waals surface area contributed by atoms with Gasteiger partial charge in [-0.1, -0.05) is 23.7 Å². The first-order valence-electron chi connectivity index (χ1n) is 9.21. The first kappa shape index (κ1) is 19.7. The van der Waals surface area contributed by atoms with Crippen LogP contribution in [-0.4, -0.2) is 50.2 Å². The maximum atomic E-state index is 12.6. The number of carbonyl (C=O) groups excluding carboxylic acids is 1. The molecular weight excluding hydrogens is 362 g/mol. The summed E-state index contributed by atoms with van der Waals surface area (Å²) in [6.07, 6.45) is 0. The molecule has 5 nitrogen and oxygen atoms in total. The van der Waals surface area contributed by atoms with Crippen molar-refractivity contribution >= 4 is 28.9 Å². The summed E-state index contributed by atoms with van der Waals surface area (Å²) in [5, 5.41) is 3.72. The van der Waals surface area contributed by atoms with Gasteiger partial charge in [0.05, 0.1) is 19.3 Å². The zero-order chi connectivity index (χ0) is 19.2. The molecule has 27 heavy (non-hydrogen) atoms. The maximum Gasteiger partial charge on any atom is 0.241 e. The van der Waals surface area contributed by atoms with Crippen LogP contribution in [0.25, 0.3) is 0 Å². The lowest BCUT2D eigenvalue weighted by molar-refractivity contribution is -0.120. The van der Waals surface area contributed by atoms with Gasteiger partial charge in [-0.05, 0) is 55.9 Å². The van der Waals surface area contributed by atoms with Gasteiger partial charge in [-0.3, -0.25) is 9.69 Å². The van der Waals surface area contributed by atoms with Gasteiger partial charge in [-0.15, -0.1) is 0 Å². The molecule has 1 fully saturated rings. The number of ether oxygens (including phenoxy) is 1. The molecule has 3 rings (SSSR count). The van der Waals surface area contributed by atoms with Crippen LogP contribution < -0.4 is 10.2 Å². The third-order valence-corrected chi connectivity index (χ3v) is 5.15. The summed E-state index contributed by atoms with van der Waals surface area (Å²) in [5.41, 5.74) is 3.09. The van der Waals surface area contributed by atoms with E-state index in [1.54, 1.807) is 0 Å². The zero-order valence-corrected chi connectivity index (χ0v) is 16.6. The van der Waals surface area contributed by atoms with E-state index in [2.05, 4.69) is 10.2 Å². The molecule has 1 heterocycles. The van der Waals surface area contributed by atoms with Crippen molar-refractivity contribution in [2.75, 3.05) is 43.6 Å². The first-order chi connectivity index (χ1) is 13.0. The van der Waals surface area contributed by atoms with Crippen molar-refractivity contribution < 1.29 is 9.53 Å². The standard InChI is InChI=1S/C21H26ClN3O2/c1-16(24(2)15-17-3-5-18(22)6-4-17)21(26)23-19-7-9-20(10-8-19)25-11-13-27-14-12-25/h3-10,16H,11-15H2,1-2H3,(H,23,26). The van der Waals surface area contributed by atoms with Gasteiger partial charge in [0.2, 0.25) is 5.91 Å². The monoisotopic (exact) mass is 387 g/mol. The molecular formula is C21H26ClN3O2. The Kier molecular flexibility index (Phi) is 6.72. The van der Waals surface area contributed by atoms with Crippen molar-refractivity contribution in [2.45, 2.75) is 19.5 Å². The number of morpholine rings is 1. The number of anilines is 2. The fourth-order valence-corrected chi connectivity index (χ4v) is 3.16. The van der Waals surface area contributed by atoms with Crippen LogP contribution in [0.2, 0.25) is 5.02 Å². The van der Waals surface area contributed by atoms with E-state index in [1.165, 1.54) is 0 Å². The summed E-state index contributed by atoms with van der Waals surface area (Å²) in [5.74, 6) is -0.0226. The van der Waals surface area contributed by atoms with Gasteiger partial charge in [0.15, 0.2) is 0 Å². The molecule has 1 saturated heterocycles. The van der Waals surface area contributed by atoms with Crippen molar-refractivity contribution in [1.82, 2.24) is 4.90 Å². The van der Waals surface area contributed by atoms with Crippen LogP contribution in [0, 0.1) is 0 Å². The number of nitrogens with one attached hydrogen (secondary N) is 1. The fraction of sp³-hybridized carbons (Fsp3) is 0.381. The highest BCUT2D eigenvalue weighted by Crippen LogP contribution is 2.19. The van der Waals surface area contributed by atoms with Crippen LogP contribution in [0.5, 0.6) is 0 Å². The Labute approximate surface area is 165 Å². The van der Waals surface area contributed by atoms with E-state index in [-0.39, 0.29) is 11.9 Å². The van der Waals surface area contributed by atoms with Gasteiger partial charge in [-0.2, -0.15) is 0 Å². The van der Waals surface area contributed by atoms with Crippen molar-refractivity contribution in [3.63, 3.8) is 0 Å². The highest BCUT2D eigenvalue weighted by molar-refractivity contribution is 6.30. The first-order valence-corrected chi connectivity index (χ1v) is 9.59. The lowest BCUT2D eigenvalue weighted by Crippen LogP contribution is -2.39. The largest absolute Gasteiger partial charge is 0.378 e. The number of likely N-dealkylation sites (N-methyl/N-ethyl adjacent to an activating group) is 1. The highest BCUT2D eigenvalue weighted by Gasteiger charge is 2.18. The smallest absolute Gasteiger partial charge is 0.241 e. The topological polar surface area (TPSA) is 44.8 Å². The van der Waals surface area contributed by atoms with Crippen LogP contribution in [0.1, 0.15) is 12.5 Å². The predicted molar refractivity (Wildman–Crippen MR) is 110 cm³/mol. The fourth-order valence-electron chi connectivity index (χ4n) is 3.04. The van der Waals surface area contributed by atoms with Crippen molar-refractivity contribution in [2.24, 2.45) is 0 Å². The molecule has 1 amide bonds. The number of hydrogen-bond donors (Lipinski definition) is 1. The molecule has 1 aliphatic heterocycles. The van der Waals surface area contributed by atoms with E-state index in [1.807, 2.05) is 67.4 Å². The third-order valence-electron chi connectivity index (χ3n) is 4.90. The number of halogens is 1. The van der Waals surface area contributed by atoms with Crippen molar-refractivity contribution in [3.05, 3.63) is 59.1 Å². The minimum absolute atomic E-state index is 0.0226. The maximum absolute atomic E-state index is 12.6. The second kappa shape index (κ2) is 9.22. The van der Waals surface area contributed by atoms with Gasteiger partial charge in [0, 0.05) is 36.0 Å². The van der Waals surface area contributed by atoms with Gasteiger partial charge in [0.25, 0.3) is 0 Å². The molecule has 0 bridgehead atoms. The number of hydrogen-bond acceptors (Lipinski definition) is 4. The molecule has 2 aromatic rings. The Hall–Kier alpha value is -2.08. The zero-order valence-electron chi connectivity index (χ0n) is 15.8. The minimum Gasteiger partial charge on any atom is -0.378 e. The number of amides is 1. The molecule has 0 aromatic heterocycles. The van der Waals surface area contributed by atoms with E-state index in [4.69, 9.17) is 16.3 Å². The van der Waals surface area contributed by atoms with Crippen molar-refractivity contribution in [1.29, 1.82) is 0 Å². The molecule has 144 valence electrons. The molecule has 1 aliphatic rings. The summed E-state index contributed by atoms with van der Waals surface area (Å²) in [6.45, 7) is 5.91. The molecule has 1 unspecified atom stereocenters. The summed E-state index contributed by atoms with van der Waals surface area (Å²) in [4.78, 5) is 16.9. The lowest BCUT2D eigenvalue weighted by Gasteiger charge is -2.29. The number of benzene rings is 2. The second-order valence-corrected chi connectivity index (χ2v) is 7.29. The summed E-state index contributed by atoms with van der Waals surface area (Å²) < 4.78 is 5.38. The third kappa shape index (κ3) is 5.45. The Morgan fingerprint density at radius 1 is 1.15 bits per heavy atom. The van der Waals surface area contributed by atoms with Crippen LogP contribution in [-0.2, 0) is 16.1 Å². The number of nitrogens with zero attached hydrogens (tertiary/aromatic N) is 2. The summed E-state index contributed by atoms with van der Waals surface area (Å²) >= 11 is 5.93. The summed E-state index contributed by atoms with van der Waals surface area (Å²) in [6, 6.07) is 15.4. The number of rotatable bonds is 6. The Morgan fingerprint density at radius 2 is 1.78 bits per heavy atom. The highest BCUT2D eigenvalue weighted by atomic mass is 35.5. The normalized spacial score (nSPS) is 15.6. The molecule has 0 saturated carbocycles. The molecule has 0 spiro atoms. The van der Waals surface area contributed by atoms with Crippen LogP contribution >= 0.6 is 11.6 Å². The lowest BCUT2D eigenvalue weighted by atomic mass is 10.2. The van der Waals surface area contributed by atoms with Gasteiger partial charge >= 0.3 is 0 Å². The van der Waals surface area contributed by atoms with Gasteiger partial charge in [-0.25, -0.2) is 0 Å². The predicted octanol–water partition coefficient (Wildman–Crippen LogP) is 3.64. The molecule has 0 radical (unpaired) electrons. The SMILES string of the molecule is CC(C(=O)Nc1ccc(N2CCOCC2)cc1)N(C)Cc1ccc(Cl)cc1. The Bertz CT molecular complexity index is 743. The van der Waals surface area contributed by atoms with E-state index in [0.29, 0.717) is 11.6 Å². The van der Waals surface area contributed by atoms with E-state index < -0.39 is 0 Å². The second-order valence-electron chi connectivity index (χ2n) is 6.85. The minimum atomic E-state index is -0.250. The summed E-state index contributed by atoms with van der Waals surface area (Å²) in [7, 11) is 1.94. The van der Waals surface area contributed by atoms with Crippen molar-refractivity contribution in [3.8, 4) is 0 Å². The molecule has 0 aliphatic carbocycles. The molecule has 2 aromatic carbocycles. The Balaban J connectivity index is 1.54. The van der Waals surface area contributed by atoms with Crippen LogP contribution in [0.4, 0.5) is 11.4 Å². The molecule has 1 atom stereocenters. The van der Waals surface area contributed by atoms with E-state index in [0.717, 1.165) is 43.2 Å². The Morgan fingerprint density at radius 3 is 2.41 bits per heavy atom. The van der Waals surface area contributed by atoms with Gasteiger partial charge in [0.1, 0.15) is 0 Å². The van der Waals surface area contributed by atoms with Crippen LogP contribution in [0.3, 0.4) is 0 Å². The average molecular weight is 388 g/mol. The van der Waals surface area contributed by atoms with Gasteiger partial charge < -0.3 is 15.0 Å². The van der Waals surface area contributed by atoms with E-state index >= 15 is 0 Å². The van der Waals surface area contributed by atoms with Crippen LogP contribution in [0.15, 0.2) is 48.5 Å².